The molecule has 2 N–H and O–H groups in total. The molecule has 0 radical (unpaired) electrons. The maximum Gasteiger partial charge on any atom is 0.329 e. The average molecular weight is 455 g/mol. The molecule has 2 aromatic carbocycles. The minimum Gasteiger partial charge on any atom is -0.298 e. The molecule has 4 aromatic rings. The first kappa shape index (κ1) is 21.5. The first-order valence-electron chi connectivity index (χ1n) is 9.75. The molecule has 164 valence electrons. The number of anilines is 1. The van der Waals surface area contributed by atoms with E-state index in [0.717, 1.165) is 16.7 Å². The number of fused-ring (bicyclic) bond motifs is 1. The second kappa shape index (κ2) is 8.43. The van der Waals surface area contributed by atoms with Gasteiger partial charge in [0.1, 0.15) is 5.82 Å². The van der Waals surface area contributed by atoms with E-state index in [0.29, 0.717) is 6.54 Å². The Balaban J connectivity index is 1.83. The lowest BCUT2D eigenvalue weighted by Crippen LogP contribution is -2.29. The predicted octanol–water partition coefficient (Wildman–Crippen LogP) is 3.33. The van der Waals surface area contributed by atoms with Crippen molar-refractivity contribution >= 4 is 34.9 Å². The Morgan fingerprint density at radius 2 is 2.03 bits per heavy atom. The van der Waals surface area contributed by atoms with Crippen LogP contribution in [0.3, 0.4) is 0 Å². The van der Waals surface area contributed by atoms with Crippen molar-refractivity contribution in [3.05, 3.63) is 90.3 Å². The summed E-state index contributed by atoms with van der Waals surface area (Å²) in [5.41, 5.74) is 5.23. The molecule has 32 heavy (non-hydrogen) atoms. The van der Waals surface area contributed by atoms with Gasteiger partial charge in [-0.15, -0.1) is 0 Å². The number of benzene rings is 2. The highest BCUT2D eigenvalue weighted by Gasteiger charge is 2.18. The predicted molar refractivity (Wildman–Crippen MR) is 123 cm³/mol. The van der Waals surface area contributed by atoms with Crippen LogP contribution in [0.1, 0.15) is 22.3 Å². The quantitative estimate of drug-likeness (QED) is 0.357. The van der Waals surface area contributed by atoms with Gasteiger partial charge in [-0.05, 0) is 37.1 Å². The third kappa shape index (κ3) is 3.94. The summed E-state index contributed by atoms with van der Waals surface area (Å²) in [4.78, 5) is 31.4. The van der Waals surface area contributed by atoms with Gasteiger partial charge in [-0.3, -0.25) is 18.9 Å². The molecule has 0 saturated heterocycles. The fourth-order valence-corrected chi connectivity index (χ4v) is 3.62. The van der Waals surface area contributed by atoms with Crippen LogP contribution in [0, 0.1) is 19.7 Å². The van der Waals surface area contributed by atoms with Gasteiger partial charge in [0.15, 0.2) is 11.2 Å². The van der Waals surface area contributed by atoms with E-state index in [-0.39, 0.29) is 27.7 Å². The molecule has 2 aromatic heterocycles. The van der Waals surface area contributed by atoms with E-state index in [1.54, 1.807) is 10.6 Å². The number of imidazole rings is 1. The maximum atomic E-state index is 14.0. The zero-order valence-corrected chi connectivity index (χ0v) is 18.4. The highest BCUT2D eigenvalue weighted by Crippen LogP contribution is 2.21. The Morgan fingerprint density at radius 1 is 1.25 bits per heavy atom. The van der Waals surface area contributed by atoms with Gasteiger partial charge in [0, 0.05) is 12.6 Å². The Morgan fingerprint density at radius 3 is 2.78 bits per heavy atom. The lowest BCUT2D eigenvalue weighted by atomic mass is 10.1. The number of rotatable bonds is 5. The van der Waals surface area contributed by atoms with Crippen molar-refractivity contribution in [3.63, 3.8) is 0 Å². The van der Waals surface area contributed by atoms with Crippen LogP contribution < -0.4 is 16.7 Å². The molecule has 10 heteroatoms. The minimum absolute atomic E-state index is 0.115. The molecule has 0 aliphatic carbocycles. The van der Waals surface area contributed by atoms with Gasteiger partial charge < -0.3 is 0 Å². The number of halogens is 2. The van der Waals surface area contributed by atoms with Crippen LogP contribution in [0.25, 0.3) is 11.2 Å². The summed E-state index contributed by atoms with van der Waals surface area (Å²) in [7, 11) is 1.52. The van der Waals surface area contributed by atoms with Crippen molar-refractivity contribution < 1.29 is 4.39 Å². The molecule has 0 aliphatic heterocycles. The number of hydrogen-bond donors (Lipinski definition) is 2. The molecule has 0 unspecified atom stereocenters. The van der Waals surface area contributed by atoms with Crippen molar-refractivity contribution in [3.8, 4) is 0 Å². The lowest BCUT2D eigenvalue weighted by molar-refractivity contribution is 0.626. The largest absolute Gasteiger partial charge is 0.329 e. The summed E-state index contributed by atoms with van der Waals surface area (Å²) in [5.74, 6) is -0.304. The number of hydrogen-bond acceptors (Lipinski definition) is 5. The van der Waals surface area contributed by atoms with Crippen LogP contribution in [0.5, 0.6) is 0 Å². The summed E-state index contributed by atoms with van der Waals surface area (Å²) in [6.45, 7) is 4.26. The van der Waals surface area contributed by atoms with Crippen LogP contribution in [0.2, 0.25) is 5.02 Å². The van der Waals surface area contributed by atoms with Crippen LogP contribution in [0.15, 0.2) is 51.1 Å². The van der Waals surface area contributed by atoms with E-state index in [9.17, 15) is 14.0 Å². The van der Waals surface area contributed by atoms with Crippen LogP contribution >= 0.6 is 11.6 Å². The second-order valence-electron chi connectivity index (χ2n) is 7.45. The highest BCUT2D eigenvalue weighted by atomic mass is 35.5. The van der Waals surface area contributed by atoms with E-state index in [1.165, 1.54) is 30.0 Å². The van der Waals surface area contributed by atoms with E-state index in [2.05, 4.69) is 20.5 Å². The van der Waals surface area contributed by atoms with Crippen LogP contribution in [0.4, 0.5) is 10.3 Å². The average Bonchev–Trinajstić information content (AvgIpc) is 3.10. The first-order chi connectivity index (χ1) is 15.3. The Hall–Kier alpha value is -3.72. The fourth-order valence-electron chi connectivity index (χ4n) is 3.40. The second-order valence-corrected chi connectivity index (χ2v) is 7.85. The monoisotopic (exact) mass is 454 g/mol. The van der Waals surface area contributed by atoms with Crippen LogP contribution in [-0.4, -0.2) is 25.3 Å². The molecule has 2 heterocycles. The minimum atomic E-state index is -0.577. The molecular weight excluding hydrogens is 435 g/mol. The third-order valence-electron chi connectivity index (χ3n) is 5.20. The van der Waals surface area contributed by atoms with Crippen molar-refractivity contribution in [2.75, 3.05) is 5.43 Å². The Labute approximate surface area is 187 Å². The van der Waals surface area contributed by atoms with Crippen LogP contribution in [-0.2, 0) is 13.6 Å². The smallest absolute Gasteiger partial charge is 0.298 e. The van der Waals surface area contributed by atoms with Gasteiger partial charge in [0.25, 0.3) is 5.56 Å². The fraction of sp³-hybridized carbons (Fsp3) is 0.182. The van der Waals surface area contributed by atoms with Crippen molar-refractivity contribution in [1.29, 1.82) is 0 Å². The standard InChI is InChI=1S/C22H20ClFN6O2/c1-12-7-8-13(2)14(9-12)11-30-18-19(29(3)22(32)27-20(18)31)26-21(30)28-25-10-15-16(23)5-4-6-17(15)24/h4-10H,11H2,1-3H3,(H,26,28)(H,27,31,32). The Kier molecular flexibility index (Phi) is 5.67. The highest BCUT2D eigenvalue weighted by molar-refractivity contribution is 6.33. The summed E-state index contributed by atoms with van der Waals surface area (Å²) >= 11 is 6.04. The maximum absolute atomic E-state index is 14.0. The van der Waals surface area contributed by atoms with E-state index in [1.807, 2.05) is 32.0 Å². The Bertz CT molecular complexity index is 1460. The third-order valence-corrected chi connectivity index (χ3v) is 5.53. The number of aromatic nitrogens is 4. The summed E-state index contributed by atoms with van der Waals surface area (Å²) in [6.07, 6.45) is 1.24. The summed E-state index contributed by atoms with van der Waals surface area (Å²) in [6, 6.07) is 10.3. The molecule has 0 aliphatic rings. The van der Waals surface area contributed by atoms with Gasteiger partial charge in [-0.25, -0.2) is 14.6 Å². The molecular formula is C22H20ClFN6O2. The lowest BCUT2D eigenvalue weighted by Gasteiger charge is -2.11. The van der Waals surface area contributed by atoms with Gasteiger partial charge in [0.2, 0.25) is 5.95 Å². The van der Waals surface area contributed by atoms with E-state index in [4.69, 9.17) is 11.6 Å². The van der Waals surface area contributed by atoms with Crippen molar-refractivity contribution in [2.45, 2.75) is 20.4 Å². The molecule has 8 nitrogen and oxygen atoms in total. The zero-order chi connectivity index (χ0) is 23.0. The van der Waals surface area contributed by atoms with Crippen molar-refractivity contribution in [2.24, 2.45) is 12.1 Å². The zero-order valence-electron chi connectivity index (χ0n) is 17.6. The van der Waals surface area contributed by atoms with Gasteiger partial charge in [-0.1, -0.05) is 41.4 Å². The van der Waals surface area contributed by atoms with E-state index < -0.39 is 17.1 Å². The number of nitrogens with zero attached hydrogens (tertiary/aromatic N) is 4. The number of aromatic amines is 1. The van der Waals surface area contributed by atoms with Crippen molar-refractivity contribution in [1.82, 2.24) is 19.1 Å². The molecule has 0 saturated carbocycles. The summed E-state index contributed by atoms with van der Waals surface area (Å²) in [5, 5.41) is 4.28. The normalized spacial score (nSPS) is 11.5. The first-order valence-corrected chi connectivity index (χ1v) is 10.1. The number of nitrogens with one attached hydrogen (secondary N) is 2. The number of H-pyrrole nitrogens is 1. The summed E-state index contributed by atoms with van der Waals surface area (Å²) < 4.78 is 16.9. The molecule has 0 fully saturated rings. The molecule has 0 bridgehead atoms. The molecule has 4 rings (SSSR count). The topological polar surface area (TPSA) is 97.1 Å². The SMILES string of the molecule is Cc1ccc(C)c(Cn2c(NN=Cc3c(F)cccc3Cl)nc3c2c(=O)[nH]c(=O)n3C)c1. The molecule has 0 atom stereocenters. The molecule has 0 amide bonds. The van der Waals surface area contributed by atoms with Gasteiger partial charge in [-0.2, -0.15) is 10.1 Å². The van der Waals surface area contributed by atoms with Gasteiger partial charge in [0.05, 0.1) is 17.8 Å². The number of aryl methyl sites for hydroxylation is 3. The number of hydrazone groups is 1. The van der Waals surface area contributed by atoms with Gasteiger partial charge >= 0.3 is 5.69 Å². The molecule has 0 spiro atoms. The van der Waals surface area contributed by atoms with E-state index >= 15 is 0 Å².